The van der Waals surface area contributed by atoms with Gasteiger partial charge in [0.2, 0.25) is 0 Å². The van der Waals surface area contributed by atoms with Crippen LogP contribution in [0.5, 0.6) is 11.5 Å². The lowest BCUT2D eigenvalue weighted by molar-refractivity contribution is 0.0237. The molecule has 17 heavy (non-hydrogen) atoms. The fourth-order valence-corrected chi connectivity index (χ4v) is 1.94. The quantitative estimate of drug-likeness (QED) is 0.868. The van der Waals surface area contributed by atoms with Gasteiger partial charge in [-0.15, -0.1) is 0 Å². The van der Waals surface area contributed by atoms with Crippen LogP contribution in [-0.4, -0.2) is 31.5 Å². The summed E-state index contributed by atoms with van der Waals surface area (Å²) < 4.78 is 16.5. The lowest BCUT2D eigenvalue weighted by Gasteiger charge is -2.25. The van der Waals surface area contributed by atoms with Crippen molar-refractivity contribution in [2.75, 3.05) is 20.3 Å². The standard InChI is InChI=1S/C13H18O4/c1-15-12-4-2-3-10(9-14)13(12)17-11-5-7-16-8-6-11/h2-4,11,14H,5-9H2,1H3. The largest absolute Gasteiger partial charge is 0.493 e. The van der Waals surface area contributed by atoms with Crippen molar-refractivity contribution in [1.82, 2.24) is 0 Å². The lowest BCUT2D eigenvalue weighted by Crippen LogP contribution is -2.26. The number of benzene rings is 1. The number of aliphatic hydroxyl groups is 1. The van der Waals surface area contributed by atoms with E-state index in [9.17, 15) is 5.11 Å². The lowest BCUT2D eigenvalue weighted by atomic mass is 10.1. The predicted molar refractivity (Wildman–Crippen MR) is 63.4 cm³/mol. The van der Waals surface area contributed by atoms with Crippen molar-refractivity contribution in [2.45, 2.75) is 25.6 Å². The highest BCUT2D eigenvalue weighted by molar-refractivity contribution is 5.46. The summed E-state index contributed by atoms with van der Waals surface area (Å²) in [5, 5.41) is 9.31. The summed E-state index contributed by atoms with van der Waals surface area (Å²) in [6.07, 6.45) is 1.90. The van der Waals surface area contributed by atoms with Gasteiger partial charge in [-0.3, -0.25) is 0 Å². The van der Waals surface area contributed by atoms with Crippen LogP contribution in [0.4, 0.5) is 0 Å². The Balaban J connectivity index is 2.16. The van der Waals surface area contributed by atoms with E-state index < -0.39 is 0 Å². The Morgan fingerprint density at radius 3 is 2.76 bits per heavy atom. The second-order valence-electron chi connectivity index (χ2n) is 4.04. The molecule has 1 fully saturated rings. The molecule has 1 saturated heterocycles. The summed E-state index contributed by atoms with van der Waals surface area (Å²) in [4.78, 5) is 0. The number of para-hydroxylation sites is 1. The molecule has 4 nitrogen and oxygen atoms in total. The fourth-order valence-electron chi connectivity index (χ4n) is 1.94. The summed E-state index contributed by atoms with van der Waals surface area (Å²) >= 11 is 0. The first-order valence-corrected chi connectivity index (χ1v) is 5.86. The Morgan fingerprint density at radius 1 is 1.35 bits per heavy atom. The molecule has 0 saturated carbocycles. The minimum atomic E-state index is -0.0459. The van der Waals surface area contributed by atoms with Gasteiger partial charge in [-0.2, -0.15) is 0 Å². The molecular weight excluding hydrogens is 220 g/mol. The number of ether oxygens (including phenoxy) is 3. The summed E-state index contributed by atoms with van der Waals surface area (Å²) in [5.41, 5.74) is 0.760. The third-order valence-electron chi connectivity index (χ3n) is 2.90. The molecular formula is C13H18O4. The third-order valence-corrected chi connectivity index (χ3v) is 2.90. The van der Waals surface area contributed by atoms with Crippen LogP contribution in [0.15, 0.2) is 18.2 Å². The zero-order valence-corrected chi connectivity index (χ0v) is 10.0. The minimum absolute atomic E-state index is 0.0459. The van der Waals surface area contributed by atoms with Gasteiger partial charge >= 0.3 is 0 Å². The smallest absolute Gasteiger partial charge is 0.167 e. The number of rotatable bonds is 4. The van der Waals surface area contributed by atoms with Crippen LogP contribution in [0, 0.1) is 0 Å². The number of methoxy groups -OCH3 is 1. The zero-order chi connectivity index (χ0) is 12.1. The average Bonchev–Trinajstić information content (AvgIpc) is 2.40. The van der Waals surface area contributed by atoms with Gasteiger partial charge in [0.1, 0.15) is 6.10 Å². The van der Waals surface area contributed by atoms with E-state index in [-0.39, 0.29) is 12.7 Å². The Hall–Kier alpha value is -1.26. The molecule has 94 valence electrons. The molecule has 1 N–H and O–H groups in total. The van der Waals surface area contributed by atoms with Gasteiger partial charge in [-0.1, -0.05) is 12.1 Å². The van der Waals surface area contributed by atoms with Gasteiger partial charge in [-0.25, -0.2) is 0 Å². The van der Waals surface area contributed by atoms with Crippen molar-refractivity contribution in [3.8, 4) is 11.5 Å². The van der Waals surface area contributed by atoms with E-state index in [1.807, 2.05) is 18.2 Å². The first-order valence-electron chi connectivity index (χ1n) is 5.86. The summed E-state index contributed by atoms with van der Waals surface area (Å²) in [6, 6.07) is 5.53. The van der Waals surface area contributed by atoms with Crippen LogP contribution >= 0.6 is 0 Å². The molecule has 0 amide bonds. The average molecular weight is 238 g/mol. The van der Waals surface area contributed by atoms with Crippen molar-refractivity contribution >= 4 is 0 Å². The van der Waals surface area contributed by atoms with Crippen molar-refractivity contribution in [3.05, 3.63) is 23.8 Å². The highest BCUT2D eigenvalue weighted by Gasteiger charge is 2.19. The molecule has 1 aliphatic heterocycles. The van der Waals surface area contributed by atoms with E-state index in [4.69, 9.17) is 14.2 Å². The molecule has 1 heterocycles. The molecule has 0 atom stereocenters. The second-order valence-corrected chi connectivity index (χ2v) is 4.04. The van der Waals surface area contributed by atoms with E-state index in [0.717, 1.165) is 31.6 Å². The predicted octanol–water partition coefficient (Wildman–Crippen LogP) is 1.75. The molecule has 0 aromatic heterocycles. The monoisotopic (exact) mass is 238 g/mol. The summed E-state index contributed by atoms with van der Waals surface area (Å²) in [6.45, 7) is 1.41. The van der Waals surface area contributed by atoms with E-state index >= 15 is 0 Å². The first kappa shape index (κ1) is 12.2. The van der Waals surface area contributed by atoms with Crippen LogP contribution in [0.2, 0.25) is 0 Å². The molecule has 1 aromatic carbocycles. The Labute approximate surface area is 101 Å². The molecule has 0 aliphatic carbocycles. The molecule has 0 spiro atoms. The highest BCUT2D eigenvalue weighted by Crippen LogP contribution is 2.33. The maximum Gasteiger partial charge on any atom is 0.167 e. The third kappa shape index (κ3) is 2.90. The highest BCUT2D eigenvalue weighted by atomic mass is 16.5. The number of aliphatic hydroxyl groups excluding tert-OH is 1. The van der Waals surface area contributed by atoms with Crippen LogP contribution in [0.3, 0.4) is 0 Å². The van der Waals surface area contributed by atoms with Crippen molar-refractivity contribution in [1.29, 1.82) is 0 Å². The Kier molecular flexibility index (Phi) is 4.23. The van der Waals surface area contributed by atoms with Crippen molar-refractivity contribution in [3.63, 3.8) is 0 Å². The Morgan fingerprint density at radius 2 is 2.12 bits per heavy atom. The molecule has 0 radical (unpaired) electrons. The molecule has 0 unspecified atom stereocenters. The molecule has 0 bridgehead atoms. The van der Waals surface area contributed by atoms with E-state index in [0.29, 0.717) is 11.5 Å². The van der Waals surface area contributed by atoms with E-state index in [2.05, 4.69) is 0 Å². The van der Waals surface area contributed by atoms with Gasteiger partial charge in [-0.05, 0) is 6.07 Å². The molecule has 1 aromatic rings. The molecule has 1 aliphatic rings. The van der Waals surface area contributed by atoms with Crippen LogP contribution in [0.25, 0.3) is 0 Å². The fraction of sp³-hybridized carbons (Fsp3) is 0.538. The van der Waals surface area contributed by atoms with Crippen molar-refractivity contribution in [2.24, 2.45) is 0 Å². The summed E-state index contributed by atoms with van der Waals surface area (Å²) in [7, 11) is 1.60. The van der Waals surface area contributed by atoms with Crippen molar-refractivity contribution < 1.29 is 19.3 Å². The van der Waals surface area contributed by atoms with Gasteiger partial charge in [0.25, 0.3) is 0 Å². The number of hydrogen-bond donors (Lipinski definition) is 1. The van der Waals surface area contributed by atoms with E-state index in [1.165, 1.54) is 0 Å². The van der Waals surface area contributed by atoms with Gasteiger partial charge in [0, 0.05) is 18.4 Å². The molecule has 2 rings (SSSR count). The first-order chi connectivity index (χ1) is 8.35. The Bertz CT molecular complexity index is 336. The maximum atomic E-state index is 9.31. The normalized spacial score (nSPS) is 16.8. The maximum absolute atomic E-state index is 9.31. The van der Waals surface area contributed by atoms with Crippen LogP contribution < -0.4 is 9.47 Å². The van der Waals surface area contributed by atoms with Crippen LogP contribution in [-0.2, 0) is 11.3 Å². The van der Waals surface area contributed by atoms with E-state index in [1.54, 1.807) is 7.11 Å². The van der Waals surface area contributed by atoms with Crippen LogP contribution in [0.1, 0.15) is 18.4 Å². The topological polar surface area (TPSA) is 47.9 Å². The van der Waals surface area contributed by atoms with Gasteiger partial charge in [0.15, 0.2) is 11.5 Å². The molecule has 4 heteroatoms. The number of hydrogen-bond acceptors (Lipinski definition) is 4. The zero-order valence-electron chi connectivity index (χ0n) is 10.0. The van der Waals surface area contributed by atoms with Gasteiger partial charge in [0.05, 0.1) is 26.9 Å². The van der Waals surface area contributed by atoms with Gasteiger partial charge < -0.3 is 19.3 Å². The minimum Gasteiger partial charge on any atom is -0.493 e. The summed E-state index contributed by atoms with van der Waals surface area (Å²) in [5.74, 6) is 1.33. The second kappa shape index (κ2) is 5.89. The SMILES string of the molecule is COc1cccc(CO)c1OC1CCOCC1.